The summed E-state index contributed by atoms with van der Waals surface area (Å²) >= 11 is 0. The normalized spacial score (nSPS) is 17.7. The van der Waals surface area contributed by atoms with Gasteiger partial charge in [0.1, 0.15) is 5.75 Å². The SMILES string of the molecule is COC(=O)c1ccc(NC(=O)C2CCCNC2)c(OCC(F)(F)F)c1. The highest BCUT2D eigenvalue weighted by molar-refractivity contribution is 5.96. The second kappa shape index (κ2) is 8.19. The van der Waals surface area contributed by atoms with E-state index in [9.17, 15) is 22.8 Å². The number of carbonyl (C=O) groups is 2. The highest BCUT2D eigenvalue weighted by Crippen LogP contribution is 2.29. The van der Waals surface area contributed by atoms with Gasteiger partial charge in [-0.3, -0.25) is 4.79 Å². The van der Waals surface area contributed by atoms with Crippen LogP contribution in [0.2, 0.25) is 0 Å². The fraction of sp³-hybridized carbons (Fsp3) is 0.500. The first-order chi connectivity index (χ1) is 11.8. The Morgan fingerprint density at radius 1 is 1.36 bits per heavy atom. The van der Waals surface area contributed by atoms with Gasteiger partial charge in [0.25, 0.3) is 0 Å². The summed E-state index contributed by atoms with van der Waals surface area (Å²) in [5, 5.41) is 5.67. The maximum absolute atomic E-state index is 12.4. The molecule has 1 saturated heterocycles. The second-order valence-corrected chi connectivity index (χ2v) is 5.64. The molecule has 1 aromatic carbocycles. The zero-order valence-corrected chi connectivity index (χ0v) is 13.6. The van der Waals surface area contributed by atoms with Crippen molar-refractivity contribution < 1.29 is 32.2 Å². The van der Waals surface area contributed by atoms with Gasteiger partial charge < -0.3 is 20.1 Å². The van der Waals surface area contributed by atoms with Crippen molar-refractivity contribution in [1.82, 2.24) is 5.32 Å². The van der Waals surface area contributed by atoms with Gasteiger partial charge in [-0.1, -0.05) is 0 Å². The maximum Gasteiger partial charge on any atom is 0.422 e. The molecule has 1 heterocycles. The number of hydrogen-bond donors (Lipinski definition) is 2. The van der Waals surface area contributed by atoms with E-state index in [0.717, 1.165) is 26.1 Å². The van der Waals surface area contributed by atoms with Crippen molar-refractivity contribution in [2.75, 3.05) is 32.1 Å². The molecule has 0 aromatic heterocycles. The molecule has 1 atom stereocenters. The number of nitrogens with one attached hydrogen (secondary N) is 2. The van der Waals surface area contributed by atoms with Crippen LogP contribution in [0.15, 0.2) is 18.2 Å². The fourth-order valence-electron chi connectivity index (χ4n) is 2.46. The Morgan fingerprint density at radius 3 is 2.72 bits per heavy atom. The van der Waals surface area contributed by atoms with Crippen molar-refractivity contribution in [2.45, 2.75) is 19.0 Å². The van der Waals surface area contributed by atoms with E-state index in [1.807, 2.05) is 0 Å². The van der Waals surface area contributed by atoms with Crippen molar-refractivity contribution in [1.29, 1.82) is 0 Å². The molecule has 0 saturated carbocycles. The van der Waals surface area contributed by atoms with Gasteiger partial charge in [-0.15, -0.1) is 0 Å². The number of hydrogen-bond acceptors (Lipinski definition) is 5. The monoisotopic (exact) mass is 360 g/mol. The highest BCUT2D eigenvalue weighted by Gasteiger charge is 2.29. The number of carbonyl (C=O) groups excluding carboxylic acids is 2. The van der Waals surface area contributed by atoms with Crippen molar-refractivity contribution in [3.05, 3.63) is 23.8 Å². The van der Waals surface area contributed by atoms with E-state index in [1.54, 1.807) is 0 Å². The first kappa shape index (κ1) is 19.0. The van der Waals surface area contributed by atoms with Gasteiger partial charge in [0.2, 0.25) is 5.91 Å². The van der Waals surface area contributed by atoms with Crippen LogP contribution in [0.5, 0.6) is 5.75 Å². The highest BCUT2D eigenvalue weighted by atomic mass is 19.4. The first-order valence-corrected chi connectivity index (χ1v) is 7.73. The van der Waals surface area contributed by atoms with Gasteiger partial charge in [0.05, 0.1) is 24.3 Å². The number of halogens is 3. The van der Waals surface area contributed by atoms with Crippen molar-refractivity contribution in [3.63, 3.8) is 0 Å². The number of amides is 1. The minimum absolute atomic E-state index is 0.0250. The average Bonchev–Trinajstić information content (AvgIpc) is 2.60. The number of methoxy groups -OCH3 is 1. The number of benzene rings is 1. The van der Waals surface area contributed by atoms with Gasteiger partial charge in [-0.25, -0.2) is 4.79 Å². The molecule has 1 aliphatic rings. The number of alkyl halides is 3. The third-order valence-electron chi connectivity index (χ3n) is 3.72. The van der Waals surface area contributed by atoms with E-state index in [1.165, 1.54) is 12.1 Å². The molecule has 0 aliphatic carbocycles. The number of rotatable bonds is 5. The minimum Gasteiger partial charge on any atom is -0.482 e. The molecule has 1 unspecified atom stereocenters. The maximum atomic E-state index is 12.4. The van der Waals surface area contributed by atoms with Crippen LogP contribution >= 0.6 is 0 Å². The van der Waals surface area contributed by atoms with E-state index < -0.39 is 18.8 Å². The standard InChI is InChI=1S/C16H19F3N2O4/c1-24-15(23)10-4-5-12(13(7-10)25-9-16(17,18)19)21-14(22)11-3-2-6-20-8-11/h4-5,7,11,20H,2-3,6,8-9H2,1H3,(H,21,22). The van der Waals surface area contributed by atoms with E-state index in [0.29, 0.717) is 13.0 Å². The van der Waals surface area contributed by atoms with Crippen molar-refractivity contribution in [3.8, 4) is 5.75 Å². The molecule has 0 spiro atoms. The van der Waals surface area contributed by atoms with Crippen LogP contribution in [0.25, 0.3) is 0 Å². The topological polar surface area (TPSA) is 76.7 Å². The molecule has 25 heavy (non-hydrogen) atoms. The number of esters is 1. The lowest BCUT2D eigenvalue weighted by Gasteiger charge is -2.22. The van der Waals surface area contributed by atoms with Crippen LogP contribution in [-0.4, -0.2) is 44.9 Å². The van der Waals surface area contributed by atoms with E-state index in [-0.39, 0.29) is 28.8 Å². The van der Waals surface area contributed by atoms with Crippen LogP contribution in [-0.2, 0) is 9.53 Å². The molecular formula is C16H19F3N2O4. The molecule has 1 fully saturated rings. The van der Waals surface area contributed by atoms with Crippen LogP contribution in [0, 0.1) is 5.92 Å². The molecular weight excluding hydrogens is 341 g/mol. The van der Waals surface area contributed by atoms with Crippen LogP contribution in [0.1, 0.15) is 23.2 Å². The van der Waals surface area contributed by atoms with Crippen LogP contribution < -0.4 is 15.4 Å². The quantitative estimate of drug-likeness (QED) is 0.789. The summed E-state index contributed by atoms with van der Waals surface area (Å²) < 4.78 is 46.6. The second-order valence-electron chi connectivity index (χ2n) is 5.64. The summed E-state index contributed by atoms with van der Waals surface area (Å²) in [5.74, 6) is -1.54. The molecule has 9 heteroatoms. The zero-order chi connectivity index (χ0) is 18.4. The molecule has 1 amide bonds. The van der Waals surface area contributed by atoms with Gasteiger partial charge in [-0.2, -0.15) is 13.2 Å². The fourth-order valence-corrected chi connectivity index (χ4v) is 2.46. The Balaban J connectivity index is 2.18. The van der Waals surface area contributed by atoms with Crippen LogP contribution in [0.4, 0.5) is 18.9 Å². The van der Waals surface area contributed by atoms with E-state index in [2.05, 4.69) is 15.4 Å². The summed E-state index contributed by atoms with van der Waals surface area (Å²) in [6.07, 6.45) is -3.01. The first-order valence-electron chi connectivity index (χ1n) is 7.73. The lowest BCUT2D eigenvalue weighted by Crippen LogP contribution is -2.37. The largest absolute Gasteiger partial charge is 0.482 e. The summed E-state index contributed by atoms with van der Waals surface area (Å²) in [7, 11) is 1.16. The summed E-state index contributed by atoms with van der Waals surface area (Å²) in [6.45, 7) is -0.201. The molecule has 2 N–H and O–H groups in total. The molecule has 0 radical (unpaired) electrons. The predicted molar refractivity (Wildman–Crippen MR) is 83.6 cm³/mol. The van der Waals surface area contributed by atoms with Crippen molar-refractivity contribution >= 4 is 17.6 Å². The lowest BCUT2D eigenvalue weighted by atomic mass is 9.98. The molecule has 1 aromatic rings. The minimum atomic E-state index is -4.55. The molecule has 0 bridgehead atoms. The molecule has 6 nitrogen and oxygen atoms in total. The summed E-state index contributed by atoms with van der Waals surface area (Å²) in [6, 6.07) is 3.79. The Labute approximate surface area is 142 Å². The zero-order valence-electron chi connectivity index (χ0n) is 13.6. The Bertz CT molecular complexity index is 628. The number of anilines is 1. The van der Waals surface area contributed by atoms with E-state index in [4.69, 9.17) is 4.74 Å². The van der Waals surface area contributed by atoms with Crippen molar-refractivity contribution in [2.24, 2.45) is 5.92 Å². The Morgan fingerprint density at radius 2 is 2.12 bits per heavy atom. The third-order valence-corrected chi connectivity index (χ3v) is 3.72. The number of ether oxygens (including phenoxy) is 2. The summed E-state index contributed by atoms with van der Waals surface area (Å²) in [4.78, 5) is 23.8. The predicted octanol–water partition coefficient (Wildman–Crippen LogP) is 2.35. The molecule has 2 rings (SSSR count). The average molecular weight is 360 g/mol. The summed E-state index contributed by atoms with van der Waals surface area (Å²) in [5.41, 5.74) is 0.101. The lowest BCUT2D eigenvalue weighted by molar-refractivity contribution is -0.153. The Hall–Kier alpha value is -2.29. The van der Waals surface area contributed by atoms with E-state index >= 15 is 0 Å². The molecule has 138 valence electrons. The van der Waals surface area contributed by atoms with Gasteiger partial charge in [-0.05, 0) is 37.6 Å². The Kier molecular flexibility index (Phi) is 6.24. The van der Waals surface area contributed by atoms with Crippen LogP contribution in [0.3, 0.4) is 0 Å². The van der Waals surface area contributed by atoms with Gasteiger partial charge >= 0.3 is 12.1 Å². The van der Waals surface area contributed by atoms with Gasteiger partial charge in [0.15, 0.2) is 6.61 Å². The number of piperidine rings is 1. The molecule has 1 aliphatic heterocycles. The third kappa shape index (κ3) is 5.63. The smallest absolute Gasteiger partial charge is 0.422 e. The van der Waals surface area contributed by atoms with Gasteiger partial charge in [0, 0.05) is 6.54 Å².